The average Bonchev–Trinajstić information content (AvgIpc) is 2.38. The molecule has 0 saturated carbocycles. The van der Waals surface area contributed by atoms with Crippen molar-refractivity contribution < 1.29 is 9.22 Å². The van der Waals surface area contributed by atoms with Gasteiger partial charge in [-0.15, -0.1) is 12.3 Å². The van der Waals surface area contributed by atoms with Crippen molar-refractivity contribution >= 4 is 14.2 Å². The number of amides is 1. The second-order valence-corrected chi connectivity index (χ2v) is 12.5. The van der Waals surface area contributed by atoms with E-state index in [1.54, 1.807) is 0 Å². The number of piperidine rings is 1. The molecule has 4 heteroatoms. The molecular weight excluding hydrogens is 278 g/mol. The van der Waals surface area contributed by atoms with Crippen LogP contribution in [0.4, 0.5) is 0 Å². The van der Waals surface area contributed by atoms with Gasteiger partial charge in [-0.05, 0) is 43.8 Å². The zero-order valence-corrected chi connectivity index (χ0v) is 15.3. The Hall–Kier alpha value is -0.793. The molecule has 3 nitrogen and oxygen atoms in total. The first-order chi connectivity index (χ1) is 9.65. The molecule has 1 aliphatic heterocycles. The van der Waals surface area contributed by atoms with Crippen LogP contribution < -0.4 is 5.32 Å². The number of carbonyl (C=O) groups is 1. The molecule has 1 rings (SSSR count). The zero-order valence-electron chi connectivity index (χ0n) is 14.3. The van der Waals surface area contributed by atoms with Crippen LogP contribution in [0.2, 0.25) is 18.1 Å². The Balaban J connectivity index is 2.67. The van der Waals surface area contributed by atoms with Crippen LogP contribution in [0.25, 0.3) is 0 Å². The number of hydrogen-bond donors (Lipinski definition) is 1. The van der Waals surface area contributed by atoms with Gasteiger partial charge in [-0.1, -0.05) is 20.8 Å². The predicted molar refractivity (Wildman–Crippen MR) is 90.5 cm³/mol. The molecule has 120 valence electrons. The average molecular weight is 310 g/mol. The molecule has 0 spiro atoms. The largest absolute Gasteiger partial charge is 0.417 e. The summed E-state index contributed by atoms with van der Waals surface area (Å²) in [5, 5.41) is 3.21. The molecule has 0 aromatic rings. The van der Waals surface area contributed by atoms with E-state index in [-0.39, 0.29) is 16.4 Å². The third-order valence-electron chi connectivity index (χ3n) is 5.20. The van der Waals surface area contributed by atoms with Crippen LogP contribution in [0.5, 0.6) is 0 Å². The molecule has 0 aromatic heterocycles. The third kappa shape index (κ3) is 4.59. The Morgan fingerprint density at radius 2 is 2.05 bits per heavy atom. The van der Waals surface area contributed by atoms with Crippen LogP contribution >= 0.6 is 0 Å². The van der Waals surface area contributed by atoms with Crippen molar-refractivity contribution in [2.75, 3.05) is 13.2 Å². The molecule has 1 unspecified atom stereocenters. The Morgan fingerprint density at radius 1 is 1.38 bits per heavy atom. The molecule has 1 N–H and O–H groups in total. The number of rotatable bonds is 6. The van der Waals surface area contributed by atoms with Gasteiger partial charge in [-0.3, -0.25) is 4.79 Å². The maximum atomic E-state index is 12.4. The predicted octanol–water partition coefficient (Wildman–Crippen LogP) is 3.71. The lowest BCUT2D eigenvalue weighted by Gasteiger charge is -2.39. The van der Waals surface area contributed by atoms with Gasteiger partial charge in [0.1, 0.15) is 0 Å². The van der Waals surface area contributed by atoms with Gasteiger partial charge in [0, 0.05) is 19.6 Å². The van der Waals surface area contributed by atoms with Gasteiger partial charge in [-0.2, -0.15) is 0 Å². The summed E-state index contributed by atoms with van der Waals surface area (Å²) in [6, 6.07) is 0. The van der Waals surface area contributed by atoms with Crippen molar-refractivity contribution in [2.45, 2.75) is 71.0 Å². The number of nitrogens with one attached hydrogen (secondary N) is 1. The smallest absolute Gasteiger partial charge is 0.226 e. The van der Waals surface area contributed by atoms with E-state index < -0.39 is 8.32 Å². The standard InChI is InChI=1S/C17H31NO2Si/c1-7-8-10-17(11-9-13-18-15(17)19)12-14-20-21(5,6)16(2,3)4/h1H,8-14H2,2-6H3,(H,18,19). The van der Waals surface area contributed by atoms with Gasteiger partial charge in [0.15, 0.2) is 8.32 Å². The normalized spacial score (nSPS) is 23.5. The molecule has 1 amide bonds. The van der Waals surface area contributed by atoms with Crippen LogP contribution in [0, 0.1) is 17.8 Å². The highest BCUT2D eigenvalue weighted by molar-refractivity contribution is 6.74. The van der Waals surface area contributed by atoms with Gasteiger partial charge in [-0.25, -0.2) is 0 Å². The van der Waals surface area contributed by atoms with Crippen molar-refractivity contribution in [1.82, 2.24) is 5.32 Å². The molecule has 1 aliphatic rings. The van der Waals surface area contributed by atoms with E-state index in [0.717, 1.165) is 32.2 Å². The molecule has 0 bridgehead atoms. The lowest BCUT2D eigenvalue weighted by atomic mass is 9.74. The Morgan fingerprint density at radius 3 is 2.57 bits per heavy atom. The van der Waals surface area contributed by atoms with Crippen LogP contribution in [0.3, 0.4) is 0 Å². The van der Waals surface area contributed by atoms with E-state index in [0.29, 0.717) is 13.0 Å². The summed E-state index contributed by atoms with van der Waals surface area (Å²) in [6.07, 6.45) is 9.59. The second kappa shape index (κ2) is 6.98. The molecule has 21 heavy (non-hydrogen) atoms. The number of hydrogen-bond acceptors (Lipinski definition) is 2. The lowest BCUT2D eigenvalue weighted by molar-refractivity contribution is -0.135. The van der Waals surface area contributed by atoms with Crippen LogP contribution in [0.15, 0.2) is 0 Å². The molecule has 1 fully saturated rings. The zero-order chi connectivity index (χ0) is 16.1. The molecule has 0 radical (unpaired) electrons. The van der Waals surface area contributed by atoms with Crippen molar-refractivity contribution in [3.05, 3.63) is 0 Å². The Bertz CT molecular complexity index is 406. The van der Waals surface area contributed by atoms with E-state index >= 15 is 0 Å². The summed E-state index contributed by atoms with van der Waals surface area (Å²) in [4.78, 5) is 12.4. The fourth-order valence-corrected chi connectivity index (χ4v) is 3.61. The summed E-state index contributed by atoms with van der Waals surface area (Å²) in [5.41, 5.74) is -0.313. The molecule has 1 heterocycles. The van der Waals surface area contributed by atoms with E-state index in [1.807, 2.05) is 0 Å². The fraction of sp³-hybridized carbons (Fsp3) is 0.824. The SMILES string of the molecule is C#CCCC1(CCO[Si](C)(C)C(C)(C)C)CCCNC1=O. The Labute approximate surface area is 131 Å². The molecule has 0 aromatic carbocycles. The summed E-state index contributed by atoms with van der Waals surface area (Å²) in [5.74, 6) is 2.85. The maximum Gasteiger partial charge on any atom is 0.226 e. The van der Waals surface area contributed by atoms with Gasteiger partial charge in [0.25, 0.3) is 0 Å². The molecular formula is C17H31NO2Si. The minimum Gasteiger partial charge on any atom is -0.417 e. The van der Waals surface area contributed by atoms with Crippen molar-refractivity contribution in [2.24, 2.45) is 5.41 Å². The monoisotopic (exact) mass is 309 g/mol. The van der Waals surface area contributed by atoms with E-state index in [1.165, 1.54) is 0 Å². The number of carbonyl (C=O) groups excluding carboxylic acids is 1. The summed E-state index contributed by atoms with van der Waals surface area (Å²) in [7, 11) is -1.75. The summed E-state index contributed by atoms with van der Waals surface area (Å²) in [6.45, 7) is 12.7. The minimum absolute atomic E-state index is 0.169. The highest BCUT2D eigenvalue weighted by atomic mass is 28.4. The minimum atomic E-state index is -1.75. The van der Waals surface area contributed by atoms with Gasteiger partial charge < -0.3 is 9.74 Å². The molecule has 0 aliphatic carbocycles. The quantitative estimate of drug-likeness (QED) is 0.600. The van der Waals surface area contributed by atoms with E-state index in [4.69, 9.17) is 10.8 Å². The Kier molecular flexibility index (Phi) is 6.07. The maximum absolute atomic E-state index is 12.4. The van der Waals surface area contributed by atoms with E-state index in [2.05, 4.69) is 45.1 Å². The first kappa shape index (κ1) is 18.3. The van der Waals surface area contributed by atoms with Crippen molar-refractivity contribution in [3.8, 4) is 12.3 Å². The van der Waals surface area contributed by atoms with Gasteiger partial charge >= 0.3 is 0 Å². The number of terminal acetylenes is 1. The summed E-state index contributed by atoms with van der Waals surface area (Å²) >= 11 is 0. The second-order valence-electron chi connectivity index (χ2n) is 7.70. The topological polar surface area (TPSA) is 38.3 Å². The highest BCUT2D eigenvalue weighted by Gasteiger charge is 2.41. The highest BCUT2D eigenvalue weighted by Crippen LogP contribution is 2.39. The van der Waals surface area contributed by atoms with Crippen molar-refractivity contribution in [3.63, 3.8) is 0 Å². The third-order valence-corrected chi connectivity index (χ3v) is 9.74. The van der Waals surface area contributed by atoms with Crippen LogP contribution in [-0.2, 0) is 9.22 Å². The molecule has 1 atom stereocenters. The van der Waals surface area contributed by atoms with Crippen LogP contribution in [0.1, 0.15) is 52.9 Å². The fourth-order valence-electron chi connectivity index (χ4n) is 2.56. The first-order valence-electron chi connectivity index (χ1n) is 8.00. The van der Waals surface area contributed by atoms with Gasteiger partial charge in [0.2, 0.25) is 5.91 Å². The van der Waals surface area contributed by atoms with E-state index in [9.17, 15) is 4.79 Å². The van der Waals surface area contributed by atoms with Gasteiger partial charge in [0.05, 0.1) is 5.41 Å². The summed E-state index contributed by atoms with van der Waals surface area (Å²) < 4.78 is 6.26. The first-order valence-corrected chi connectivity index (χ1v) is 10.9. The van der Waals surface area contributed by atoms with Crippen molar-refractivity contribution in [1.29, 1.82) is 0 Å². The molecule has 1 saturated heterocycles. The lowest BCUT2D eigenvalue weighted by Crippen LogP contribution is -2.47. The van der Waals surface area contributed by atoms with Crippen LogP contribution in [-0.4, -0.2) is 27.4 Å².